The van der Waals surface area contributed by atoms with Crippen LogP contribution < -0.4 is 10.0 Å². The van der Waals surface area contributed by atoms with Crippen LogP contribution in [0.5, 0.6) is 0 Å². The van der Waals surface area contributed by atoms with Gasteiger partial charge in [-0.2, -0.15) is 0 Å². The highest BCUT2D eigenvalue weighted by Gasteiger charge is 2.12. The molecular weight excluding hydrogens is 296 g/mol. The van der Waals surface area contributed by atoms with Gasteiger partial charge in [-0.25, -0.2) is 13.1 Å². The van der Waals surface area contributed by atoms with Crippen molar-refractivity contribution in [3.63, 3.8) is 0 Å². The molecule has 1 amide bonds. The van der Waals surface area contributed by atoms with Gasteiger partial charge in [0.1, 0.15) is 6.61 Å². The molecule has 0 spiro atoms. The van der Waals surface area contributed by atoms with Crippen molar-refractivity contribution in [1.82, 2.24) is 10.0 Å². The van der Waals surface area contributed by atoms with Gasteiger partial charge in [0.25, 0.3) is 0 Å². The minimum absolute atomic E-state index is 0.00408. The Kier molecular flexibility index (Phi) is 7.30. The van der Waals surface area contributed by atoms with Gasteiger partial charge >= 0.3 is 0 Å². The number of ether oxygens (including phenoxy) is 2. The van der Waals surface area contributed by atoms with Crippen LogP contribution in [0.3, 0.4) is 0 Å². The zero-order valence-electron chi connectivity index (χ0n) is 12.1. The molecule has 0 fully saturated rings. The molecule has 21 heavy (non-hydrogen) atoms. The van der Waals surface area contributed by atoms with Crippen LogP contribution in [0.2, 0.25) is 0 Å². The van der Waals surface area contributed by atoms with Crippen molar-refractivity contribution < 1.29 is 22.7 Å². The molecule has 0 radical (unpaired) electrons. The summed E-state index contributed by atoms with van der Waals surface area (Å²) in [7, 11) is -0.585. The first-order chi connectivity index (χ1) is 9.99. The quantitative estimate of drug-likeness (QED) is 0.619. The fraction of sp³-hybridized carbons (Fsp3) is 0.462. The van der Waals surface area contributed by atoms with Crippen LogP contribution in [0, 0.1) is 0 Å². The van der Waals surface area contributed by atoms with E-state index in [1.54, 1.807) is 12.1 Å². The van der Waals surface area contributed by atoms with Crippen LogP contribution in [-0.2, 0) is 30.8 Å². The van der Waals surface area contributed by atoms with E-state index in [1.165, 1.54) is 26.4 Å². The largest absolute Gasteiger partial charge is 0.383 e. The maximum atomic E-state index is 11.9. The van der Waals surface area contributed by atoms with Crippen LogP contribution in [0.15, 0.2) is 29.2 Å². The van der Waals surface area contributed by atoms with Crippen molar-refractivity contribution in [2.45, 2.75) is 11.4 Å². The number of hydrogen-bond acceptors (Lipinski definition) is 5. The molecule has 118 valence electrons. The Labute approximate surface area is 124 Å². The van der Waals surface area contributed by atoms with Crippen molar-refractivity contribution in [3.8, 4) is 0 Å². The van der Waals surface area contributed by atoms with Crippen LogP contribution in [0.4, 0.5) is 0 Å². The second-order valence-corrected chi connectivity index (χ2v) is 6.01. The molecule has 7 nitrogen and oxygen atoms in total. The molecule has 1 aromatic rings. The van der Waals surface area contributed by atoms with Gasteiger partial charge in [-0.3, -0.25) is 4.79 Å². The molecule has 0 saturated carbocycles. The molecular formula is C13H20N2O5S. The lowest BCUT2D eigenvalue weighted by Gasteiger charge is -2.08. The van der Waals surface area contributed by atoms with Gasteiger partial charge in [0.15, 0.2) is 0 Å². The molecule has 0 unspecified atom stereocenters. The molecule has 2 N–H and O–H groups in total. The maximum Gasteiger partial charge on any atom is 0.246 e. The lowest BCUT2D eigenvalue weighted by molar-refractivity contribution is -0.124. The van der Waals surface area contributed by atoms with E-state index < -0.39 is 10.0 Å². The Bertz CT molecular complexity index is 542. The van der Waals surface area contributed by atoms with Crippen LogP contribution in [0.1, 0.15) is 5.56 Å². The Morgan fingerprint density at radius 1 is 1.14 bits per heavy atom. The summed E-state index contributed by atoms with van der Waals surface area (Å²) in [6, 6.07) is 6.29. The lowest BCUT2D eigenvalue weighted by atomic mass is 10.2. The van der Waals surface area contributed by atoms with Crippen molar-refractivity contribution in [2.24, 2.45) is 0 Å². The van der Waals surface area contributed by atoms with E-state index in [9.17, 15) is 13.2 Å². The number of carbonyl (C=O) groups excluding carboxylic acids is 1. The van der Waals surface area contributed by atoms with Crippen molar-refractivity contribution in [1.29, 1.82) is 0 Å². The number of hydrogen-bond donors (Lipinski definition) is 2. The molecule has 1 rings (SSSR count). The highest BCUT2D eigenvalue weighted by Crippen LogP contribution is 2.10. The summed E-state index contributed by atoms with van der Waals surface area (Å²) in [4.78, 5) is 11.4. The summed E-state index contributed by atoms with van der Waals surface area (Å²) in [6.07, 6.45) is 0. The average molecular weight is 316 g/mol. The fourth-order valence-corrected chi connectivity index (χ4v) is 2.54. The zero-order valence-corrected chi connectivity index (χ0v) is 12.9. The minimum atomic E-state index is -3.53. The Morgan fingerprint density at radius 3 is 2.38 bits per heavy atom. The van der Waals surface area contributed by atoms with Gasteiger partial charge < -0.3 is 14.8 Å². The number of carbonyl (C=O) groups is 1. The van der Waals surface area contributed by atoms with Crippen LogP contribution in [0.25, 0.3) is 0 Å². The van der Waals surface area contributed by atoms with E-state index >= 15 is 0 Å². The van der Waals surface area contributed by atoms with E-state index in [0.29, 0.717) is 13.2 Å². The lowest BCUT2D eigenvalue weighted by Crippen LogP contribution is -2.27. The van der Waals surface area contributed by atoms with Gasteiger partial charge in [-0.15, -0.1) is 0 Å². The number of methoxy groups -OCH3 is 2. The van der Waals surface area contributed by atoms with Gasteiger partial charge in [0, 0.05) is 27.3 Å². The SMILES string of the molecule is COCCNS(=O)(=O)c1ccc(CNC(=O)COC)cc1. The summed E-state index contributed by atoms with van der Waals surface area (Å²) in [5.74, 6) is -0.226. The topological polar surface area (TPSA) is 93.7 Å². The van der Waals surface area contributed by atoms with E-state index in [-0.39, 0.29) is 24.0 Å². The summed E-state index contributed by atoms with van der Waals surface area (Å²) >= 11 is 0. The molecule has 0 aliphatic carbocycles. The standard InChI is InChI=1S/C13H20N2O5S/c1-19-8-7-15-21(17,18)12-5-3-11(4-6-12)9-14-13(16)10-20-2/h3-6,15H,7-10H2,1-2H3,(H,14,16). The predicted octanol–water partition coefficient (Wildman–Crippen LogP) is -0.126. The number of sulfonamides is 1. The third-order valence-corrected chi connectivity index (χ3v) is 4.07. The average Bonchev–Trinajstić information content (AvgIpc) is 2.46. The number of nitrogens with one attached hydrogen (secondary N) is 2. The van der Waals surface area contributed by atoms with Gasteiger partial charge in [-0.1, -0.05) is 12.1 Å². The van der Waals surface area contributed by atoms with Crippen molar-refractivity contribution >= 4 is 15.9 Å². The molecule has 0 aliphatic rings. The molecule has 0 aliphatic heterocycles. The van der Waals surface area contributed by atoms with Crippen molar-refractivity contribution in [2.75, 3.05) is 34.0 Å². The smallest absolute Gasteiger partial charge is 0.246 e. The molecule has 0 aromatic heterocycles. The van der Waals surface area contributed by atoms with Gasteiger partial charge in [-0.05, 0) is 17.7 Å². The van der Waals surface area contributed by atoms with Gasteiger partial charge in [0.2, 0.25) is 15.9 Å². The summed E-state index contributed by atoms with van der Waals surface area (Å²) in [6.45, 7) is 0.839. The summed E-state index contributed by atoms with van der Waals surface area (Å²) < 4.78 is 35.7. The minimum Gasteiger partial charge on any atom is -0.383 e. The number of rotatable bonds is 9. The molecule has 0 saturated heterocycles. The third-order valence-electron chi connectivity index (χ3n) is 2.60. The van der Waals surface area contributed by atoms with E-state index in [4.69, 9.17) is 9.47 Å². The van der Waals surface area contributed by atoms with Crippen LogP contribution in [-0.4, -0.2) is 48.3 Å². The third kappa shape index (κ3) is 6.21. The predicted molar refractivity (Wildman–Crippen MR) is 77.2 cm³/mol. The highest BCUT2D eigenvalue weighted by molar-refractivity contribution is 7.89. The molecule has 1 aromatic carbocycles. The van der Waals surface area contributed by atoms with E-state index in [0.717, 1.165) is 5.56 Å². The summed E-state index contributed by atoms with van der Waals surface area (Å²) in [5.41, 5.74) is 0.801. The highest BCUT2D eigenvalue weighted by atomic mass is 32.2. The number of amides is 1. The van der Waals surface area contributed by atoms with E-state index in [1.807, 2.05) is 0 Å². The first-order valence-electron chi connectivity index (χ1n) is 6.33. The normalized spacial score (nSPS) is 11.3. The van der Waals surface area contributed by atoms with Crippen molar-refractivity contribution in [3.05, 3.63) is 29.8 Å². The zero-order chi connectivity index (χ0) is 15.7. The first kappa shape index (κ1) is 17.6. The van der Waals surface area contributed by atoms with Gasteiger partial charge in [0.05, 0.1) is 11.5 Å². The molecule has 0 atom stereocenters. The second kappa shape index (κ2) is 8.73. The second-order valence-electron chi connectivity index (χ2n) is 4.24. The van der Waals surface area contributed by atoms with Crippen LogP contribution >= 0.6 is 0 Å². The Balaban J connectivity index is 2.59. The molecule has 0 bridgehead atoms. The molecule has 0 heterocycles. The fourth-order valence-electron chi connectivity index (χ4n) is 1.53. The van der Waals surface area contributed by atoms with E-state index in [2.05, 4.69) is 10.0 Å². The first-order valence-corrected chi connectivity index (χ1v) is 7.81. The Hall–Kier alpha value is -1.48. The maximum absolute atomic E-state index is 11.9. The Morgan fingerprint density at radius 2 is 1.81 bits per heavy atom. The monoisotopic (exact) mass is 316 g/mol. The number of benzene rings is 1. The molecule has 8 heteroatoms. The summed E-state index contributed by atoms with van der Waals surface area (Å²) in [5, 5.41) is 2.65.